The number of aryl methyl sites for hydroxylation is 1. The van der Waals surface area contributed by atoms with Crippen molar-refractivity contribution in [2.24, 2.45) is 0 Å². The van der Waals surface area contributed by atoms with Gasteiger partial charge < -0.3 is 10.0 Å². The van der Waals surface area contributed by atoms with Crippen LogP contribution in [0.15, 0.2) is 18.3 Å². The van der Waals surface area contributed by atoms with E-state index in [0.29, 0.717) is 0 Å². The predicted octanol–water partition coefficient (Wildman–Crippen LogP) is 0.763. The number of piperazine rings is 1. The molecule has 1 aliphatic heterocycles. The van der Waals surface area contributed by atoms with Gasteiger partial charge >= 0.3 is 5.97 Å². The van der Waals surface area contributed by atoms with Crippen LogP contribution in [0.2, 0.25) is 0 Å². The molecule has 0 spiro atoms. The second kappa shape index (κ2) is 5.46. The lowest BCUT2D eigenvalue weighted by Gasteiger charge is -2.36. The Morgan fingerprint density at radius 1 is 1.39 bits per heavy atom. The predicted molar refractivity (Wildman–Crippen MR) is 68.4 cm³/mol. The Hall–Kier alpha value is -1.46. The van der Waals surface area contributed by atoms with E-state index in [9.17, 15) is 9.90 Å². The molecule has 18 heavy (non-hydrogen) atoms. The van der Waals surface area contributed by atoms with Gasteiger partial charge in [0.1, 0.15) is 6.04 Å². The molecule has 0 aliphatic carbocycles. The summed E-state index contributed by atoms with van der Waals surface area (Å²) in [6, 6.07) is 3.08. The lowest BCUT2D eigenvalue weighted by atomic mass is 10.0. The standard InChI is InChI=1S/C13H19N3O2/c1-10-11(4-3-5-14-10)12(13(17)18)16-8-6-15(2)7-9-16/h3-5,12H,6-9H2,1-2H3,(H,17,18). The molecule has 1 fully saturated rings. The molecule has 1 N–H and O–H groups in total. The highest BCUT2D eigenvalue weighted by atomic mass is 16.4. The SMILES string of the molecule is Cc1ncccc1C(C(=O)O)N1CCN(C)CC1. The summed E-state index contributed by atoms with van der Waals surface area (Å²) in [5, 5.41) is 9.49. The maximum atomic E-state index is 11.5. The largest absolute Gasteiger partial charge is 0.480 e. The fourth-order valence-corrected chi connectivity index (χ4v) is 2.35. The molecule has 1 atom stereocenters. The second-order valence-electron chi connectivity index (χ2n) is 4.76. The number of pyridine rings is 1. The summed E-state index contributed by atoms with van der Waals surface area (Å²) in [5.74, 6) is -0.796. The monoisotopic (exact) mass is 249 g/mol. The van der Waals surface area contributed by atoms with Crippen LogP contribution in [-0.4, -0.2) is 59.1 Å². The minimum absolute atomic E-state index is 0.576. The Balaban J connectivity index is 2.24. The molecule has 0 radical (unpaired) electrons. The molecule has 1 saturated heterocycles. The smallest absolute Gasteiger partial charge is 0.325 e. The van der Waals surface area contributed by atoms with Gasteiger partial charge in [0.25, 0.3) is 0 Å². The van der Waals surface area contributed by atoms with Crippen LogP contribution in [0.25, 0.3) is 0 Å². The molecule has 1 unspecified atom stereocenters. The van der Waals surface area contributed by atoms with Gasteiger partial charge in [-0.15, -0.1) is 0 Å². The lowest BCUT2D eigenvalue weighted by molar-refractivity contribution is -0.144. The number of hydrogen-bond acceptors (Lipinski definition) is 4. The first-order valence-corrected chi connectivity index (χ1v) is 6.16. The van der Waals surface area contributed by atoms with E-state index in [1.165, 1.54) is 0 Å². The van der Waals surface area contributed by atoms with E-state index in [1.807, 2.05) is 17.9 Å². The molecule has 0 saturated carbocycles. The summed E-state index contributed by atoms with van der Waals surface area (Å²) in [5.41, 5.74) is 1.60. The van der Waals surface area contributed by atoms with Gasteiger partial charge in [0.15, 0.2) is 0 Å². The van der Waals surface area contributed by atoms with Gasteiger partial charge in [-0.05, 0) is 20.0 Å². The zero-order valence-electron chi connectivity index (χ0n) is 10.8. The highest BCUT2D eigenvalue weighted by molar-refractivity contribution is 5.76. The highest BCUT2D eigenvalue weighted by Gasteiger charge is 2.30. The molecule has 1 aromatic heterocycles. The van der Waals surface area contributed by atoms with Crippen molar-refractivity contribution < 1.29 is 9.90 Å². The lowest BCUT2D eigenvalue weighted by Crippen LogP contribution is -2.48. The highest BCUT2D eigenvalue weighted by Crippen LogP contribution is 2.24. The van der Waals surface area contributed by atoms with E-state index in [1.54, 1.807) is 12.3 Å². The van der Waals surface area contributed by atoms with Crippen LogP contribution in [0.1, 0.15) is 17.3 Å². The summed E-state index contributed by atoms with van der Waals surface area (Å²) >= 11 is 0. The van der Waals surface area contributed by atoms with Crippen molar-refractivity contribution in [3.05, 3.63) is 29.6 Å². The van der Waals surface area contributed by atoms with Crippen molar-refractivity contribution in [3.8, 4) is 0 Å². The van der Waals surface area contributed by atoms with Crippen LogP contribution >= 0.6 is 0 Å². The number of carbonyl (C=O) groups is 1. The maximum Gasteiger partial charge on any atom is 0.325 e. The number of rotatable bonds is 3. The zero-order valence-corrected chi connectivity index (χ0v) is 10.8. The van der Waals surface area contributed by atoms with Gasteiger partial charge in [0.2, 0.25) is 0 Å². The number of carboxylic acids is 1. The van der Waals surface area contributed by atoms with Gasteiger partial charge in [0.05, 0.1) is 0 Å². The van der Waals surface area contributed by atoms with Gasteiger partial charge in [-0.1, -0.05) is 6.07 Å². The number of nitrogens with zero attached hydrogens (tertiary/aromatic N) is 3. The minimum Gasteiger partial charge on any atom is -0.480 e. The molecule has 2 rings (SSSR count). The second-order valence-corrected chi connectivity index (χ2v) is 4.76. The molecule has 0 amide bonds. The van der Waals surface area contributed by atoms with E-state index in [4.69, 9.17) is 0 Å². The molecule has 1 aromatic rings. The first kappa shape index (κ1) is 13.0. The number of aliphatic carboxylic acids is 1. The van der Waals surface area contributed by atoms with E-state index in [0.717, 1.165) is 37.4 Å². The summed E-state index contributed by atoms with van der Waals surface area (Å²) in [7, 11) is 2.06. The topological polar surface area (TPSA) is 56.7 Å². The molecular formula is C13H19N3O2. The van der Waals surface area contributed by atoms with E-state index >= 15 is 0 Å². The Bertz CT molecular complexity index is 428. The van der Waals surface area contributed by atoms with E-state index in [-0.39, 0.29) is 0 Å². The van der Waals surface area contributed by atoms with Crippen LogP contribution in [-0.2, 0) is 4.79 Å². The summed E-state index contributed by atoms with van der Waals surface area (Å²) in [6.07, 6.45) is 1.70. The van der Waals surface area contributed by atoms with Crippen molar-refractivity contribution in [1.29, 1.82) is 0 Å². The van der Waals surface area contributed by atoms with E-state index < -0.39 is 12.0 Å². The summed E-state index contributed by atoms with van der Waals surface area (Å²) in [6.45, 7) is 5.23. The minimum atomic E-state index is -0.796. The first-order valence-electron chi connectivity index (χ1n) is 6.16. The fourth-order valence-electron chi connectivity index (χ4n) is 2.35. The fraction of sp³-hybridized carbons (Fsp3) is 0.538. The number of carboxylic acid groups (broad SMARTS) is 1. The Labute approximate surface area is 107 Å². The average Bonchev–Trinajstić information content (AvgIpc) is 2.34. The molecule has 5 nitrogen and oxygen atoms in total. The van der Waals surface area contributed by atoms with Crippen molar-refractivity contribution in [3.63, 3.8) is 0 Å². The molecule has 98 valence electrons. The van der Waals surface area contributed by atoms with Crippen molar-refractivity contribution in [1.82, 2.24) is 14.8 Å². The third kappa shape index (κ3) is 2.68. The van der Waals surface area contributed by atoms with Crippen molar-refractivity contribution >= 4 is 5.97 Å². The molecule has 1 aliphatic rings. The van der Waals surface area contributed by atoms with Crippen LogP contribution in [0.3, 0.4) is 0 Å². The quantitative estimate of drug-likeness (QED) is 0.857. The maximum absolute atomic E-state index is 11.5. The van der Waals surface area contributed by atoms with Gasteiger partial charge in [-0.25, -0.2) is 0 Å². The third-order valence-electron chi connectivity index (χ3n) is 3.48. The van der Waals surface area contributed by atoms with Gasteiger partial charge in [0, 0.05) is 43.6 Å². The summed E-state index contributed by atoms with van der Waals surface area (Å²) < 4.78 is 0. The number of likely N-dealkylation sites (N-methyl/N-ethyl adjacent to an activating group) is 1. The molecule has 5 heteroatoms. The van der Waals surface area contributed by atoms with Gasteiger partial charge in [-0.3, -0.25) is 14.7 Å². The summed E-state index contributed by atoms with van der Waals surface area (Å²) in [4.78, 5) is 20.0. The first-order chi connectivity index (χ1) is 8.59. The Morgan fingerprint density at radius 2 is 2.06 bits per heavy atom. The normalized spacial score (nSPS) is 19.7. The number of hydrogen-bond donors (Lipinski definition) is 1. The van der Waals surface area contributed by atoms with Crippen LogP contribution in [0.5, 0.6) is 0 Å². The van der Waals surface area contributed by atoms with Crippen LogP contribution in [0, 0.1) is 6.92 Å². The molecule has 0 aromatic carbocycles. The van der Waals surface area contributed by atoms with Gasteiger partial charge in [-0.2, -0.15) is 0 Å². The van der Waals surface area contributed by atoms with Crippen LogP contribution < -0.4 is 0 Å². The molecule has 2 heterocycles. The molecular weight excluding hydrogens is 230 g/mol. The van der Waals surface area contributed by atoms with Crippen LogP contribution in [0.4, 0.5) is 0 Å². The van der Waals surface area contributed by atoms with Crippen molar-refractivity contribution in [2.45, 2.75) is 13.0 Å². The zero-order chi connectivity index (χ0) is 13.1. The Kier molecular flexibility index (Phi) is 3.93. The molecule has 0 bridgehead atoms. The average molecular weight is 249 g/mol. The van der Waals surface area contributed by atoms with E-state index in [2.05, 4.69) is 16.9 Å². The van der Waals surface area contributed by atoms with Crippen molar-refractivity contribution in [2.75, 3.05) is 33.2 Å². The number of aromatic nitrogens is 1. The Morgan fingerprint density at radius 3 is 2.61 bits per heavy atom. The third-order valence-corrected chi connectivity index (χ3v) is 3.48.